The summed E-state index contributed by atoms with van der Waals surface area (Å²) in [5, 5.41) is 0. The van der Waals surface area contributed by atoms with Crippen LogP contribution in [-0.2, 0) is 4.79 Å². The van der Waals surface area contributed by atoms with Crippen LogP contribution in [0.5, 0.6) is 5.75 Å². The summed E-state index contributed by atoms with van der Waals surface area (Å²) in [5.41, 5.74) is 10.1. The summed E-state index contributed by atoms with van der Waals surface area (Å²) < 4.78 is 5.56. The zero-order chi connectivity index (χ0) is 12.8. The molecule has 0 radical (unpaired) electrons. The Morgan fingerprint density at radius 2 is 1.94 bits per heavy atom. The number of hydrogen-bond acceptors (Lipinski definition) is 2. The molecular formula is C13H21N2O2+. The lowest BCUT2D eigenvalue weighted by Crippen LogP contribution is -2.53. The van der Waals surface area contributed by atoms with Gasteiger partial charge in [-0.2, -0.15) is 0 Å². The highest BCUT2D eigenvalue weighted by molar-refractivity contribution is 5.74. The van der Waals surface area contributed by atoms with E-state index in [-0.39, 0.29) is 17.9 Å². The lowest BCUT2D eigenvalue weighted by Gasteiger charge is -2.13. The van der Waals surface area contributed by atoms with Gasteiger partial charge >= 0.3 is 0 Å². The fraction of sp³-hybridized carbons (Fsp3) is 0.462. The molecule has 0 aliphatic heterocycles. The minimum absolute atomic E-state index is 0.0978. The predicted molar refractivity (Wildman–Crippen MR) is 66.5 cm³/mol. The molecular weight excluding hydrogens is 216 g/mol. The van der Waals surface area contributed by atoms with Crippen LogP contribution in [0.25, 0.3) is 0 Å². The van der Waals surface area contributed by atoms with E-state index in [4.69, 9.17) is 10.5 Å². The fourth-order valence-corrected chi connectivity index (χ4v) is 1.72. The number of quaternary nitrogens is 1. The van der Waals surface area contributed by atoms with Crippen molar-refractivity contribution in [3.63, 3.8) is 0 Å². The molecule has 17 heavy (non-hydrogen) atoms. The molecule has 1 aromatic rings. The Balaban J connectivity index is 2.74. The number of carbonyl (C=O) groups is 1. The zero-order valence-electron chi connectivity index (χ0n) is 10.5. The van der Waals surface area contributed by atoms with Crippen molar-refractivity contribution in [2.45, 2.75) is 32.3 Å². The maximum absolute atomic E-state index is 10.9. The lowest BCUT2D eigenvalue weighted by molar-refractivity contribution is -0.372. The molecule has 1 atom stereocenters. The van der Waals surface area contributed by atoms with Gasteiger partial charge in [0.1, 0.15) is 5.75 Å². The summed E-state index contributed by atoms with van der Waals surface area (Å²) in [6.07, 6.45) is 0.503. The van der Waals surface area contributed by atoms with E-state index in [0.29, 0.717) is 13.0 Å². The van der Waals surface area contributed by atoms with Gasteiger partial charge in [0, 0.05) is 12.3 Å². The van der Waals surface area contributed by atoms with Crippen LogP contribution >= 0.6 is 0 Å². The third kappa shape index (κ3) is 4.44. The van der Waals surface area contributed by atoms with Gasteiger partial charge in [0.2, 0.25) is 5.91 Å². The highest BCUT2D eigenvalue weighted by Gasteiger charge is 2.14. The Kier molecular flexibility index (Phi) is 4.97. The van der Waals surface area contributed by atoms with E-state index in [0.717, 1.165) is 11.3 Å². The summed E-state index contributed by atoms with van der Waals surface area (Å²) in [6.45, 7) is 4.63. The van der Waals surface area contributed by atoms with Crippen molar-refractivity contribution < 1.29 is 15.3 Å². The molecule has 4 heteroatoms. The molecule has 5 N–H and O–H groups in total. The Morgan fingerprint density at radius 1 is 1.35 bits per heavy atom. The second-order valence-corrected chi connectivity index (χ2v) is 4.39. The normalized spacial score (nSPS) is 12.5. The van der Waals surface area contributed by atoms with Gasteiger partial charge in [-0.3, -0.25) is 4.79 Å². The maximum Gasteiger partial charge on any atom is 0.218 e. The van der Waals surface area contributed by atoms with Crippen molar-refractivity contribution >= 4 is 5.91 Å². The highest BCUT2D eigenvalue weighted by Crippen LogP contribution is 2.21. The van der Waals surface area contributed by atoms with Crippen molar-refractivity contribution in [2.24, 2.45) is 5.73 Å². The van der Waals surface area contributed by atoms with Gasteiger partial charge in [-0.15, -0.1) is 0 Å². The second kappa shape index (κ2) is 6.25. The quantitative estimate of drug-likeness (QED) is 0.762. The molecule has 0 heterocycles. The molecule has 0 fully saturated rings. The lowest BCUT2D eigenvalue weighted by atomic mass is 9.95. The standard InChI is InChI=1S/C13H20N2O2/c1-9(2)17-12-5-3-10(4-6-12)11(8-14)7-13(15)16/h3-6,9,11H,7-8,14H2,1-2H3,(H2,15,16)/p+1/t11-/m0/s1. The molecule has 1 aromatic carbocycles. The van der Waals surface area contributed by atoms with E-state index in [1.165, 1.54) is 0 Å². The number of benzene rings is 1. The molecule has 0 saturated heterocycles. The van der Waals surface area contributed by atoms with Crippen LogP contribution in [0.1, 0.15) is 31.7 Å². The number of carbonyl (C=O) groups excluding carboxylic acids is 1. The van der Waals surface area contributed by atoms with Crippen molar-refractivity contribution in [1.82, 2.24) is 0 Å². The van der Waals surface area contributed by atoms with Crippen molar-refractivity contribution in [2.75, 3.05) is 6.54 Å². The van der Waals surface area contributed by atoms with Crippen LogP contribution in [0.3, 0.4) is 0 Å². The van der Waals surface area contributed by atoms with Gasteiger partial charge in [-0.05, 0) is 31.5 Å². The summed E-state index contributed by atoms with van der Waals surface area (Å²) >= 11 is 0. The molecule has 0 unspecified atom stereocenters. The van der Waals surface area contributed by atoms with Gasteiger partial charge in [-0.1, -0.05) is 12.1 Å². The Hall–Kier alpha value is -1.55. The second-order valence-electron chi connectivity index (χ2n) is 4.39. The molecule has 1 amide bonds. The molecule has 0 aromatic heterocycles. The number of amides is 1. The Bertz CT molecular complexity index is 360. The third-order valence-corrected chi connectivity index (χ3v) is 2.52. The van der Waals surface area contributed by atoms with Crippen molar-refractivity contribution in [3.8, 4) is 5.75 Å². The molecule has 94 valence electrons. The minimum atomic E-state index is -0.291. The number of hydrogen-bond donors (Lipinski definition) is 2. The molecule has 0 spiro atoms. The van der Waals surface area contributed by atoms with Gasteiger partial charge in [-0.25, -0.2) is 0 Å². The highest BCUT2D eigenvalue weighted by atomic mass is 16.5. The first-order valence-corrected chi connectivity index (χ1v) is 5.87. The Morgan fingerprint density at radius 3 is 2.35 bits per heavy atom. The zero-order valence-corrected chi connectivity index (χ0v) is 10.5. The van der Waals surface area contributed by atoms with Crippen molar-refractivity contribution in [3.05, 3.63) is 29.8 Å². The maximum atomic E-state index is 10.9. The number of rotatable bonds is 6. The number of nitrogens with two attached hydrogens (primary N) is 1. The monoisotopic (exact) mass is 237 g/mol. The van der Waals surface area contributed by atoms with Crippen LogP contribution in [0.4, 0.5) is 0 Å². The minimum Gasteiger partial charge on any atom is -0.491 e. The van der Waals surface area contributed by atoms with Gasteiger partial charge < -0.3 is 16.2 Å². The molecule has 0 saturated carbocycles. The molecule has 0 aliphatic rings. The smallest absolute Gasteiger partial charge is 0.218 e. The van der Waals surface area contributed by atoms with Crippen LogP contribution in [0.15, 0.2) is 24.3 Å². The summed E-state index contributed by atoms with van der Waals surface area (Å²) in [7, 11) is 0. The van der Waals surface area contributed by atoms with E-state index in [9.17, 15) is 4.79 Å². The average molecular weight is 237 g/mol. The first-order chi connectivity index (χ1) is 8.02. The van der Waals surface area contributed by atoms with E-state index in [1.54, 1.807) is 0 Å². The summed E-state index contributed by atoms with van der Waals surface area (Å²) in [5.74, 6) is 0.646. The van der Waals surface area contributed by atoms with Crippen molar-refractivity contribution in [1.29, 1.82) is 0 Å². The first-order valence-electron chi connectivity index (χ1n) is 5.87. The number of primary amides is 1. The van der Waals surface area contributed by atoms with Crippen LogP contribution in [0.2, 0.25) is 0 Å². The SMILES string of the molecule is CC(C)Oc1ccc([C@H](C[NH3+])CC(N)=O)cc1. The van der Waals surface area contributed by atoms with E-state index in [1.807, 2.05) is 38.1 Å². The van der Waals surface area contributed by atoms with E-state index < -0.39 is 0 Å². The molecule has 1 rings (SSSR count). The van der Waals surface area contributed by atoms with Crippen LogP contribution < -0.4 is 16.2 Å². The predicted octanol–water partition coefficient (Wildman–Crippen LogP) is 0.675. The molecule has 4 nitrogen and oxygen atoms in total. The van der Waals surface area contributed by atoms with Crippen LogP contribution in [0, 0.1) is 0 Å². The van der Waals surface area contributed by atoms with Crippen LogP contribution in [-0.4, -0.2) is 18.6 Å². The summed E-state index contributed by atoms with van der Waals surface area (Å²) in [6, 6.07) is 7.77. The largest absolute Gasteiger partial charge is 0.491 e. The topological polar surface area (TPSA) is 80.0 Å². The van der Waals surface area contributed by atoms with Gasteiger partial charge in [0.15, 0.2) is 0 Å². The molecule has 0 bridgehead atoms. The molecule has 0 aliphatic carbocycles. The fourth-order valence-electron chi connectivity index (χ4n) is 1.72. The number of ether oxygens (including phenoxy) is 1. The van der Waals surface area contributed by atoms with Gasteiger partial charge in [0.05, 0.1) is 12.6 Å². The van der Waals surface area contributed by atoms with E-state index in [2.05, 4.69) is 5.73 Å². The van der Waals surface area contributed by atoms with Gasteiger partial charge in [0.25, 0.3) is 0 Å². The van der Waals surface area contributed by atoms with E-state index >= 15 is 0 Å². The average Bonchev–Trinajstić information content (AvgIpc) is 2.26. The first kappa shape index (κ1) is 13.5. The third-order valence-electron chi connectivity index (χ3n) is 2.52. The Labute approximate surface area is 102 Å². The summed E-state index contributed by atoms with van der Waals surface area (Å²) in [4.78, 5) is 10.9.